The zero-order valence-electron chi connectivity index (χ0n) is 15.3. The summed E-state index contributed by atoms with van der Waals surface area (Å²) >= 11 is 11.6. The van der Waals surface area contributed by atoms with Crippen molar-refractivity contribution in [1.29, 1.82) is 0 Å². The number of nitrogens with one attached hydrogen (secondary N) is 1. The van der Waals surface area contributed by atoms with E-state index in [2.05, 4.69) is 10.5 Å². The predicted octanol–water partition coefficient (Wildman–Crippen LogP) is 4.45. The van der Waals surface area contributed by atoms with Crippen LogP contribution in [0.4, 0.5) is 0 Å². The number of carbonyl (C=O) groups excluding carboxylic acids is 1. The van der Waals surface area contributed by atoms with Crippen LogP contribution in [0.5, 0.6) is 5.75 Å². The van der Waals surface area contributed by atoms with Gasteiger partial charge in [0.1, 0.15) is 24.0 Å². The monoisotopic (exact) mass is 406 g/mol. The molecular formula is C20H20Cl2N2O3. The van der Waals surface area contributed by atoms with E-state index < -0.39 is 0 Å². The Kier molecular flexibility index (Phi) is 7.70. The predicted molar refractivity (Wildman–Crippen MR) is 109 cm³/mol. The van der Waals surface area contributed by atoms with E-state index in [0.29, 0.717) is 11.3 Å². The maximum absolute atomic E-state index is 12.2. The number of aryl methyl sites for hydroxylation is 1. The first-order valence-electron chi connectivity index (χ1n) is 8.14. The Morgan fingerprint density at radius 3 is 2.59 bits per heavy atom. The topological polar surface area (TPSA) is 59.9 Å². The Labute approximate surface area is 168 Å². The molecule has 0 aliphatic heterocycles. The van der Waals surface area contributed by atoms with Crippen LogP contribution in [0.3, 0.4) is 0 Å². The van der Waals surface area contributed by atoms with E-state index in [1.807, 2.05) is 43.3 Å². The molecule has 0 unspecified atom stereocenters. The van der Waals surface area contributed by atoms with Crippen LogP contribution in [-0.2, 0) is 16.2 Å². The largest absolute Gasteiger partial charge is 0.488 e. The van der Waals surface area contributed by atoms with Gasteiger partial charge in [-0.2, -0.15) is 0 Å². The summed E-state index contributed by atoms with van der Waals surface area (Å²) in [6.45, 7) is 2.16. The van der Waals surface area contributed by atoms with Gasteiger partial charge in [-0.1, -0.05) is 70.8 Å². The first-order chi connectivity index (χ1) is 13.0. The molecule has 2 aromatic carbocycles. The molecule has 1 N–H and O–H groups in total. The van der Waals surface area contributed by atoms with Crippen LogP contribution in [0.2, 0.25) is 0 Å². The van der Waals surface area contributed by atoms with E-state index in [1.165, 1.54) is 14.2 Å². The van der Waals surface area contributed by atoms with E-state index in [9.17, 15) is 4.79 Å². The van der Waals surface area contributed by atoms with Gasteiger partial charge < -0.3 is 14.9 Å². The summed E-state index contributed by atoms with van der Waals surface area (Å²) in [5, 5.41) is 6.42. The number of hydrogen-bond acceptors (Lipinski definition) is 4. The number of benzene rings is 2. The van der Waals surface area contributed by atoms with Gasteiger partial charge in [-0.05, 0) is 24.1 Å². The highest BCUT2D eigenvalue weighted by atomic mass is 35.5. The maximum atomic E-state index is 12.2. The Morgan fingerprint density at radius 2 is 1.93 bits per heavy atom. The number of nitrogens with zero attached hydrogens (tertiary/aromatic N) is 1. The Balaban J connectivity index is 2.37. The van der Waals surface area contributed by atoms with Gasteiger partial charge in [0.25, 0.3) is 5.91 Å². The third-order valence-electron chi connectivity index (χ3n) is 3.78. The summed E-state index contributed by atoms with van der Waals surface area (Å²) < 4.78 is 6.19. The molecule has 27 heavy (non-hydrogen) atoms. The Morgan fingerprint density at radius 1 is 1.19 bits per heavy atom. The van der Waals surface area contributed by atoms with Crippen LogP contribution in [0.1, 0.15) is 22.3 Å². The van der Waals surface area contributed by atoms with E-state index in [4.69, 9.17) is 32.8 Å². The molecule has 142 valence electrons. The minimum atomic E-state index is -0.349. The summed E-state index contributed by atoms with van der Waals surface area (Å²) in [7, 11) is 2.93. The number of rotatable bonds is 7. The average molecular weight is 407 g/mol. The number of amides is 1. The van der Waals surface area contributed by atoms with Gasteiger partial charge in [0.05, 0.1) is 0 Å². The summed E-state index contributed by atoms with van der Waals surface area (Å²) in [5.41, 5.74) is 3.29. The van der Waals surface area contributed by atoms with Gasteiger partial charge in [-0.15, -0.1) is 0 Å². The fraction of sp³-hybridized carbons (Fsp3) is 0.200. The lowest BCUT2D eigenvalue weighted by Gasteiger charge is -2.15. The number of hydrogen-bond donors (Lipinski definition) is 1. The molecule has 2 aromatic rings. The van der Waals surface area contributed by atoms with Crippen molar-refractivity contribution in [3.05, 3.63) is 69.2 Å². The number of ether oxygens (including phenoxy) is 1. The fourth-order valence-corrected chi connectivity index (χ4v) is 2.79. The minimum absolute atomic E-state index is 0.139. The van der Waals surface area contributed by atoms with Gasteiger partial charge >= 0.3 is 0 Å². The lowest BCUT2D eigenvalue weighted by Crippen LogP contribution is -2.29. The van der Waals surface area contributed by atoms with Gasteiger partial charge in [-0.3, -0.25) is 4.79 Å². The molecule has 2 rings (SSSR count). The molecule has 0 bridgehead atoms. The number of carbonyl (C=O) groups is 1. The third-order valence-corrected chi connectivity index (χ3v) is 3.99. The molecule has 0 atom stereocenters. The lowest BCUT2D eigenvalue weighted by atomic mass is 10.0. The second-order valence-corrected chi connectivity index (χ2v) is 6.58. The standard InChI is InChI=1S/C20H20Cl2N2O3/c1-13-7-6-9-14(11-17(21)22)19(13)27-12-15-8-4-5-10-16(15)18(24-26-3)20(25)23-2/h4-11H,12H2,1-3H3,(H,23,25). The number of likely N-dealkylation sites (N-methyl/N-ethyl adjacent to an activating group) is 1. The molecule has 0 aromatic heterocycles. The first-order valence-corrected chi connectivity index (χ1v) is 8.90. The normalized spacial score (nSPS) is 10.9. The maximum Gasteiger partial charge on any atom is 0.273 e. The van der Waals surface area contributed by atoms with E-state index in [0.717, 1.165) is 16.7 Å². The van der Waals surface area contributed by atoms with Crippen molar-refractivity contribution >= 4 is 40.9 Å². The van der Waals surface area contributed by atoms with Crippen molar-refractivity contribution in [2.45, 2.75) is 13.5 Å². The van der Waals surface area contributed by atoms with Crippen LogP contribution < -0.4 is 10.1 Å². The lowest BCUT2D eigenvalue weighted by molar-refractivity contribution is -0.114. The van der Waals surface area contributed by atoms with Crippen LogP contribution in [0, 0.1) is 6.92 Å². The van der Waals surface area contributed by atoms with Crippen molar-refractivity contribution in [2.75, 3.05) is 14.2 Å². The highest BCUT2D eigenvalue weighted by Crippen LogP contribution is 2.28. The zero-order valence-corrected chi connectivity index (χ0v) is 16.8. The van der Waals surface area contributed by atoms with Gasteiger partial charge in [0, 0.05) is 18.2 Å². The van der Waals surface area contributed by atoms with Crippen molar-refractivity contribution in [3.63, 3.8) is 0 Å². The molecule has 0 aliphatic rings. The molecule has 7 heteroatoms. The molecule has 0 saturated carbocycles. The summed E-state index contributed by atoms with van der Waals surface area (Å²) in [5.74, 6) is 0.314. The second kappa shape index (κ2) is 10.00. The number of para-hydroxylation sites is 1. The molecular weight excluding hydrogens is 387 g/mol. The molecule has 0 fully saturated rings. The minimum Gasteiger partial charge on any atom is -0.488 e. The zero-order chi connectivity index (χ0) is 19.8. The molecule has 1 amide bonds. The Hall–Kier alpha value is -2.50. The molecule has 0 aliphatic carbocycles. The van der Waals surface area contributed by atoms with Crippen molar-refractivity contribution in [2.24, 2.45) is 5.16 Å². The summed E-state index contributed by atoms with van der Waals surface area (Å²) in [6.07, 6.45) is 1.62. The SMILES string of the molecule is CNC(=O)C(=NOC)c1ccccc1COc1c(C)cccc1C=C(Cl)Cl. The van der Waals surface area contributed by atoms with Crippen LogP contribution in [0.25, 0.3) is 6.08 Å². The van der Waals surface area contributed by atoms with Gasteiger partial charge in [-0.25, -0.2) is 0 Å². The molecule has 0 saturated heterocycles. The molecule has 0 spiro atoms. The first kappa shape index (κ1) is 20.8. The van der Waals surface area contributed by atoms with Crippen LogP contribution in [0.15, 0.2) is 52.1 Å². The van der Waals surface area contributed by atoms with Crippen LogP contribution >= 0.6 is 23.2 Å². The highest BCUT2D eigenvalue weighted by Gasteiger charge is 2.18. The van der Waals surface area contributed by atoms with E-state index in [-0.39, 0.29) is 22.7 Å². The number of halogens is 2. The smallest absolute Gasteiger partial charge is 0.273 e. The fourth-order valence-electron chi connectivity index (χ4n) is 2.55. The van der Waals surface area contributed by atoms with Crippen LogP contribution in [-0.4, -0.2) is 25.8 Å². The molecule has 5 nitrogen and oxygen atoms in total. The van der Waals surface area contributed by atoms with E-state index >= 15 is 0 Å². The summed E-state index contributed by atoms with van der Waals surface area (Å²) in [6, 6.07) is 13.0. The van der Waals surface area contributed by atoms with Crippen molar-refractivity contribution in [1.82, 2.24) is 5.32 Å². The summed E-state index contributed by atoms with van der Waals surface area (Å²) in [4.78, 5) is 17.0. The van der Waals surface area contributed by atoms with Crippen molar-refractivity contribution < 1.29 is 14.4 Å². The molecule has 0 heterocycles. The molecule has 0 radical (unpaired) electrons. The van der Waals surface area contributed by atoms with E-state index in [1.54, 1.807) is 12.1 Å². The second-order valence-electron chi connectivity index (χ2n) is 5.57. The average Bonchev–Trinajstić information content (AvgIpc) is 2.65. The van der Waals surface area contributed by atoms with Gasteiger partial charge in [0.2, 0.25) is 0 Å². The quantitative estimate of drug-likeness (QED) is 0.545. The van der Waals surface area contributed by atoms with Gasteiger partial charge in [0.15, 0.2) is 5.71 Å². The Bertz CT molecular complexity index is 875. The number of oxime groups is 1. The third kappa shape index (κ3) is 5.49. The van der Waals surface area contributed by atoms with Crippen molar-refractivity contribution in [3.8, 4) is 5.75 Å². The highest BCUT2D eigenvalue weighted by molar-refractivity contribution is 6.57.